The maximum atomic E-state index is 12.6. The average molecular weight is 364 g/mol. The van der Waals surface area contributed by atoms with Crippen molar-refractivity contribution in [2.45, 2.75) is 39.5 Å². The smallest absolute Gasteiger partial charge is 0.227 e. The fourth-order valence-electron chi connectivity index (χ4n) is 3.74. The fraction of sp³-hybridized carbons (Fsp3) is 0.391. The van der Waals surface area contributed by atoms with E-state index in [2.05, 4.69) is 23.5 Å². The summed E-state index contributed by atoms with van der Waals surface area (Å²) in [5.74, 6) is 0.229. The summed E-state index contributed by atoms with van der Waals surface area (Å²) in [7, 11) is 0. The van der Waals surface area contributed by atoms with Crippen molar-refractivity contribution in [3.8, 4) is 0 Å². The van der Waals surface area contributed by atoms with Crippen LogP contribution in [0.4, 0.5) is 5.69 Å². The van der Waals surface area contributed by atoms with Crippen molar-refractivity contribution in [3.63, 3.8) is 0 Å². The third-order valence-corrected chi connectivity index (χ3v) is 5.18. The van der Waals surface area contributed by atoms with Gasteiger partial charge in [-0.15, -0.1) is 0 Å². The number of likely N-dealkylation sites (tertiary alicyclic amines) is 1. The lowest BCUT2D eigenvalue weighted by atomic mass is 9.95. The first-order chi connectivity index (χ1) is 13.0. The minimum Gasteiger partial charge on any atom is -0.343 e. The second-order valence-corrected chi connectivity index (χ2v) is 7.51. The van der Waals surface area contributed by atoms with Crippen molar-refractivity contribution in [1.29, 1.82) is 0 Å². The number of aryl methyl sites for hydroxylation is 3. The topological polar surface area (TPSA) is 49.4 Å². The van der Waals surface area contributed by atoms with E-state index in [4.69, 9.17) is 0 Å². The van der Waals surface area contributed by atoms with Crippen molar-refractivity contribution in [2.24, 2.45) is 5.92 Å². The zero-order chi connectivity index (χ0) is 19.2. The van der Waals surface area contributed by atoms with Crippen LogP contribution in [0.15, 0.2) is 48.5 Å². The first-order valence-electron chi connectivity index (χ1n) is 9.72. The van der Waals surface area contributed by atoms with Gasteiger partial charge in [-0.3, -0.25) is 9.59 Å². The molecule has 0 atom stereocenters. The van der Waals surface area contributed by atoms with Gasteiger partial charge in [0.15, 0.2) is 0 Å². The van der Waals surface area contributed by atoms with Gasteiger partial charge < -0.3 is 10.2 Å². The van der Waals surface area contributed by atoms with Crippen molar-refractivity contribution in [1.82, 2.24) is 4.90 Å². The molecule has 1 saturated heterocycles. The second-order valence-electron chi connectivity index (χ2n) is 7.51. The van der Waals surface area contributed by atoms with E-state index in [0.717, 1.165) is 36.1 Å². The maximum Gasteiger partial charge on any atom is 0.227 e. The molecular weight excluding hydrogens is 336 g/mol. The second kappa shape index (κ2) is 8.85. The fourth-order valence-corrected chi connectivity index (χ4v) is 3.74. The molecule has 1 aliphatic rings. The lowest BCUT2D eigenvalue weighted by Gasteiger charge is -2.31. The Morgan fingerprint density at radius 2 is 1.63 bits per heavy atom. The lowest BCUT2D eigenvalue weighted by molar-refractivity contribution is -0.134. The summed E-state index contributed by atoms with van der Waals surface area (Å²) in [5.41, 5.74) is 4.33. The first-order valence-corrected chi connectivity index (χ1v) is 9.72. The number of carbonyl (C=O) groups is 2. The minimum atomic E-state index is -0.0241. The average Bonchev–Trinajstić information content (AvgIpc) is 2.66. The first kappa shape index (κ1) is 19.2. The highest BCUT2D eigenvalue weighted by Gasteiger charge is 2.27. The molecule has 0 saturated carbocycles. The van der Waals surface area contributed by atoms with Crippen molar-refractivity contribution < 1.29 is 9.59 Å². The summed E-state index contributed by atoms with van der Waals surface area (Å²) >= 11 is 0. The standard InChI is InChI=1S/C23H28N2O2/c1-17-14-18(2)16-21(15-17)24-23(27)20-10-12-25(13-11-20)22(26)9-8-19-6-4-3-5-7-19/h3-7,14-16,20H,8-13H2,1-2H3,(H,24,27). The Morgan fingerprint density at radius 1 is 1.00 bits per heavy atom. The predicted octanol–water partition coefficient (Wildman–Crippen LogP) is 4.11. The van der Waals surface area contributed by atoms with Gasteiger partial charge in [-0.25, -0.2) is 0 Å². The number of nitrogens with one attached hydrogen (secondary N) is 1. The maximum absolute atomic E-state index is 12.6. The largest absolute Gasteiger partial charge is 0.343 e. The molecule has 2 aromatic carbocycles. The molecule has 3 rings (SSSR count). The highest BCUT2D eigenvalue weighted by molar-refractivity contribution is 5.93. The Labute approximate surface area is 161 Å². The molecule has 142 valence electrons. The number of amides is 2. The number of nitrogens with zero attached hydrogens (tertiary/aromatic N) is 1. The summed E-state index contributed by atoms with van der Waals surface area (Å²) in [4.78, 5) is 26.9. The molecule has 1 fully saturated rings. The van der Waals surface area contributed by atoms with Crippen LogP contribution in [0.1, 0.15) is 36.0 Å². The van der Waals surface area contributed by atoms with Gasteiger partial charge in [0.25, 0.3) is 0 Å². The molecule has 2 aromatic rings. The zero-order valence-electron chi connectivity index (χ0n) is 16.2. The van der Waals surface area contributed by atoms with Crippen LogP contribution in [0.3, 0.4) is 0 Å². The predicted molar refractivity (Wildman–Crippen MR) is 109 cm³/mol. The molecule has 0 spiro atoms. The van der Waals surface area contributed by atoms with E-state index in [1.54, 1.807) is 0 Å². The minimum absolute atomic E-state index is 0.0241. The van der Waals surface area contributed by atoms with E-state index < -0.39 is 0 Å². The molecule has 1 heterocycles. The molecule has 1 N–H and O–H groups in total. The molecule has 4 nitrogen and oxygen atoms in total. The molecular formula is C23H28N2O2. The van der Waals surface area contributed by atoms with Crippen LogP contribution in [0.25, 0.3) is 0 Å². The molecule has 0 aromatic heterocycles. The van der Waals surface area contributed by atoms with E-state index >= 15 is 0 Å². The number of rotatable bonds is 5. The van der Waals surface area contributed by atoms with Gasteiger partial charge in [-0.05, 0) is 61.9 Å². The number of anilines is 1. The Hall–Kier alpha value is -2.62. The van der Waals surface area contributed by atoms with Gasteiger partial charge in [0.1, 0.15) is 0 Å². The number of piperidine rings is 1. The van der Waals surface area contributed by atoms with E-state index in [9.17, 15) is 9.59 Å². The molecule has 27 heavy (non-hydrogen) atoms. The molecule has 1 aliphatic heterocycles. The monoisotopic (exact) mass is 364 g/mol. The van der Waals surface area contributed by atoms with E-state index in [1.807, 2.05) is 49.1 Å². The van der Waals surface area contributed by atoms with Gasteiger partial charge in [-0.2, -0.15) is 0 Å². The normalized spacial score (nSPS) is 14.8. The zero-order valence-corrected chi connectivity index (χ0v) is 16.2. The van der Waals surface area contributed by atoms with Gasteiger partial charge in [0.2, 0.25) is 11.8 Å². The number of carbonyl (C=O) groups excluding carboxylic acids is 2. The molecule has 4 heteroatoms. The Bertz CT molecular complexity index is 773. The summed E-state index contributed by atoms with van der Waals surface area (Å²) in [6.07, 6.45) is 2.76. The highest BCUT2D eigenvalue weighted by Crippen LogP contribution is 2.21. The number of hydrogen-bond acceptors (Lipinski definition) is 2. The molecule has 0 radical (unpaired) electrons. The van der Waals surface area contributed by atoms with Crippen molar-refractivity contribution >= 4 is 17.5 Å². The van der Waals surface area contributed by atoms with Crippen LogP contribution in [0, 0.1) is 19.8 Å². The molecule has 0 unspecified atom stereocenters. The Balaban J connectivity index is 1.46. The lowest BCUT2D eigenvalue weighted by Crippen LogP contribution is -2.41. The number of benzene rings is 2. The van der Waals surface area contributed by atoms with Crippen molar-refractivity contribution in [3.05, 3.63) is 65.2 Å². The summed E-state index contributed by atoms with van der Waals surface area (Å²) in [5, 5.41) is 3.04. The van der Waals surface area contributed by atoms with Gasteiger partial charge >= 0.3 is 0 Å². The van der Waals surface area contributed by atoms with Crippen LogP contribution in [0.5, 0.6) is 0 Å². The quantitative estimate of drug-likeness (QED) is 0.868. The third kappa shape index (κ3) is 5.43. The molecule has 0 aliphatic carbocycles. The SMILES string of the molecule is Cc1cc(C)cc(NC(=O)C2CCN(C(=O)CCc3ccccc3)CC2)c1. The number of hydrogen-bond donors (Lipinski definition) is 1. The van der Waals surface area contributed by atoms with E-state index in [0.29, 0.717) is 19.5 Å². The summed E-state index contributed by atoms with van der Waals surface area (Å²) in [6.45, 7) is 5.39. The van der Waals surface area contributed by atoms with Crippen molar-refractivity contribution in [2.75, 3.05) is 18.4 Å². The Morgan fingerprint density at radius 3 is 2.26 bits per heavy atom. The molecule has 0 bridgehead atoms. The van der Waals surface area contributed by atoms with E-state index in [1.165, 1.54) is 5.56 Å². The van der Waals surface area contributed by atoms with Crippen LogP contribution < -0.4 is 5.32 Å². The van der Waals surface area contributed by atoms with Crippen LogP contribution in [-0.2, 0) is 16.0 Å². The van der Waals surface area contributed by atoms with Gasteiger partial charge in [-0.1, -0.05) is 36.4 Å². The summed E-state index contributed by atoms with van der Waals surface area (Å²) < 4.78 is 0. The van der Waals surface area contributed by atoms with E-state index in [-0.39, 0.29) is 17.7 Å². The molecule has 2 amide bonds. The van der Waals surface area contributed by atoms with Crippen LogP contribution in [-0.4, -0.2) is 29.8 Å². The van der Waals surface area contributed by atoms with Crippen LogP contribution in [0.2, 0.25) is 0 Å². The third-order valence-electron chi connectivity index (χ3n) is 5.18. The van der Waals surface area contributed by atoms with Gasteiger partial charge in [0, 0.05) is 31.1 Å². The van der Waals surface area contributed by atoms with Crippen LogP contribution >= 0.6 is 0 Å². The Kier molecular flexibility index (Phi) is 6.28. The highest BCUT2D eigenvalue weighted by atomic mass is 16.2. The van der Waals surface area contributed by atoms with Gasteiger partial charge in [0.05, 0.1) is 0 Å². The summed E-state index contributed by atoms with van der Waals surface area (Å²) in [6, 6.07) is 16.2.